The minimum absolute atomic E-state index is 0.0981. The fourth-order valence-electron chi connectivity index (χ4n) is 3.10. The Morgan fingerprint density at radius 2 is 2.21 bits per heavy atom. The van der Waals surface area contributed by atoms with E-state index in [4.69, 9.17) is 0 Å². The Balaban J connectivity index is 1.29. The molecule has 0 bridgehead atoms. The lowest BCUT2D eigenvalue weighted by atomic mass is 10.2. The molecule has 0 spiro atoms. The van der Waals surface area contributed by atoms with Crippen molar-refractivity contribution < 1.29 is 4.79 Å². The summed E-state index contributed by atoms with van der Waals surface area (Å²) in [5.74, 6) is 0.969. The molecule has 1 fully saturated rings. The molecule has 5 rings (SSSR count). The van der Waals surface area contributed by atoms with Crippen LogP contribution in [-0.4, -0.2) is 36.4 Å². The number of hydrogen-bond donors (Lipinski definition) is 1. The molecule has 146 valence electrons. The maximum Gasteiger partial charge on any atom is 0.236 e. The number of nitrogens with one attached hydrogen (secondary N) is 1. The van der Waals surface area contributed by atoms with Crippen LogP contribution in [0.2, 0.25) is 0 Å². The maximum atomic E-state index is 12.5. The number of pyridine rings is 1. The smallest absolute Gasteiger partial charge is 0.236 e. The van der Waals surface area contributed by atoms with Crippen LogP contribution in [0.25, 0.3) is 21.6 Å². The molecule has 4 aromatic rings. The number of thiazole rings is 1. The molecule has 1 amide bonds. The Morgan fingerprint density at radius 1 is 1.31 bits per heavy atom. The zero-order valence-corrected chi connectivity index (χ0v) is 17.3. The van der Waals surface area contributed by atoms with E-state index in [0.717, 1.165) is 39.6 Å². The van der Waals surface area contributed by atoms with E-state index in [-0.39, 0.29) is 11.7 Å². The second-order valence-electron chi connectivity index (χ2n) is 6.98. The molecule has 3 aromatic heterocycles. The van der Waals surface area contributed by atoms with Crippen molar-refractivity contribution in [3.8, 4) is 11.4 Å². The lowest BCUT2D eigenvalue weighted by Crippen LogP contribution is -2.14. The van der Waals surface area contributed by atoms with E-state index >= 15 is 0 Å². The van der Waals surface area contributed by atoms with Gasteiger partial charge in [0, 0.05) is 24.0 Å². The summed E-state index contributed by atoms with van der Waals surface area (Å²) in [7, 11) is 0. The van der Waals surface area contributed by atoms with E-state index < -0.39 is 0 Å². The first-order valence-electron chi connectivity index (χ1n) is 9.32. The highest BCUT2D eigenvalue weighted by Crippen LogP contribution is 2.41. The molecule has 0 atom stereocenters. The number of thioether (sulfide) groups is 1. The summed E-state index contributed by atoms with van der Waals surface area (Å²) in [5, 5.41) is 13.0. The van der Waals surface area contributed by atoms with Gasteiger partial charge in [0.1, 0.15) is 0 Å². The molecule has 1 aliphatic rings. The molecule has 9 heteroatoms. The fraction of sp³-hybridized carbons (Fsp3) is 0.250. The molecule has 1 aliphatic carbocycles. The summed E-state index contributed by atoms with van der Waals surface area (Å²) in [6, 6.07) is 10.3. The van der Waals surface area contributed by atoms with Crippen LogP contribution < -0.4 is 5.32 Å². The first kappa shape index (κ1) is 18.3. The Kier molecular flexibility index (Phi) is 4.76. The van der Waals surface area contributed by atoms with Crippen molar-refractivity contribution in [3.63, 3.8) is 0 Å². The number of hydrogen-bond acceptors (Lipinski definition) is 7. The Morgan fingerprint density at radius 3 is 3.00 bits per heavy atom. The van der Waals surface area contributed by atoms with Gasteiger partial charge in [-0.05, 0) is 49.6 Å². The average Bonchev–Trinajstić information content (AvgIpc) is 3.35. The Bertz CT molecular complexity index is 1180. The second kappa shape index (κ2) is 7.57. The van der Waals surface area contributed by atoms with Gasteiger partial charge < -0.3 is 5.32 Å². The van der Waals surface area contributed by atoms with Crippen LogP contribution in [0.3, 0.4) is 0 Å². The van der Waals surface area contributed by atoms with E-state index in [2.05, 4.69) is 36.1 Å². The molecule has 3 heterocycles. The Labute approximate surface area is 175 Å². The number of anilines is 1. The highest BCUT2D eigenvalue weighted by molar-refractivity contribution is 7.99. The predicted octanol–water partition coefficient (Wildman–Crippen LogP) is 4.32. The monoisotopic (exact) mass is 422 g/mol. The van der Waals surface area contributed by atoms with Crippen molar-refractivity contribution in [3.05, 3.63) is 48.3 Å². The minimum Gasteiger partial charge on any atom is -0.301 e. The second-order valence-corrected chi connectivity index (χ2v) is 8.95. The number of benzene rings is 1. The molecule has 1 aromatic carbocycles. The van der Waals surface area contributed by atoms with Crippen LogP contribution in [0.4, 0.5) is 5.13 Å². The quantitative estimate of drug-likeness (QED) is 0.466. The van der Waals surface area contributed by atoms with E-state index in [1.165, 1.54) is 28.7 Å². The molecule has 1 saturated carbocycles. The van der Waals surface area contributed by atoms with Crippen molar-refractivity contribution in [2.45, 2.75) is 31.0 Å². The van der Waals surface area contributed by atoms with Gasteiger partial charge in [0.2, 0.25) is 5.91 Å². The number of aromatic nitrogens is 5. The SMILES string of the molecule is Cc1ccc2nc(NC(=O)CSc3nnc(-c4cccnc4)n3C3CC3)sc2c1. The topological polar surface area (TPSA) is 85.6 Å². The normalized spacial score (nSPS) is 13.7. The summed E-state index contributed by atoms with van der Waals surface area (Å²) < 4.78 is 3.21. The number of carbonyl (C=O) groups is 1. The Hall–Kier alpha value is -2.78. The summed E-state index contributed by atoms with van der Waals surface area (Å²) in [5.41, 5.74) is 3.02. The van der Waals surface area contributed by atoms with Crippen LogP contribution in [0.5, 0.6) is 0 Å². The van der Waals surface area contributed by atoms with Crippen LogP contribution in [0.15, 0.2) is 47.9 Å². The summed E-state index contributed by atoms with van der Waals surface area (Å²) in [6.45, 7) is 2.05. The molecule has 0 saturated heterocycles. The van der Waals surface area contributed by atoms with Gasteiger partial charge in [-0.25, -0.2) is 4.98 Å². The summed E-state index contributed by atoms with van der Waals surface area (Å²) >= 11 is 2.89. The molecule has 1 N–H and O–H groups in total. The van der Waals surface area contributed by atoms with Gasteiger partial charge in [0.15, 0.2) is 16.1 Å². The van der Waals surface area contributed by atoms with Crippen molar-refractivity contribution >= 4 is 44.4 Å². The van der Waals surface area contributed by atoms with Gasteiger partial charge in [-0.1, -0.05) is 29.2 Å². The standard InChI is InChI=1S/C20H18N6OS2/c1-12-4-7-15-16(9-12)29-19(22-15)23-17(27)11-28-20-25-24-18(26(20)14-5-6-14)13-3-2-8-21-10-13/h2-4,7-10,14H,5-6,11H2,1H3,(H,22,23,27). The predicted molar refractivity (Wildman–Crippen MR) is 115 cm³/mol. The third-order valence-corrected chi connectivity index (χ3v) is 6.50. The van der Waals surface area contributed by atoms with Crippen molar-refractivity contribution in [2.75, 3.05) is 11.1 Å². The minimum atomic E-state index is -0.0981. The number of amides is 1. The lowest BCUT2D eigenvalue weighted by molar-refractivity contribution is -0.113. The van der Waals surface area contributed by atoms with E-state index in [0.29, 0.717) is 11.2 Å². The first-order chi connectivity index (χ1) is 14.2. The fourth-order valence-corrected chi connectivity index (χ4v) is 4.89. The zero-order valence-electron chi connectivity index (χ0n) is 15.7. The van der Waals surface area contributed by atoms with Gasteiger partial charge in [-0.15, -0.1) is 10.2 Å². The zero-order chi connectivity index (χ0) is 19.8. The molecule has 0 aliphatic heterocycles. The van der Waals surface area contributed by atoms with E-state index in [9.17, 15) is 4.79 Å². The third-order valence-electron chi connectivity index (χ3n) is 4.62. The van der Waals surface area contributed by atoms with Crippen LogP contribution >= 0.6 is 23.1 Å². The van der Waals surface area contributed by atoms with E-state index in [1.54, 1.807) is 12.4 Å². The number of aryl methyl sites for hydroxylation is 1. The van der Waals surface area contributed by atoms with Crippen molar-refractivity contribution in [2.24, 2.45) is 0 Å². The number of carbonyl (C=O) groups excluding carboxylic acids is 1. The van der Waals surface area contributed by atoms with Crippen molar-refractivity contribution in [1.29, 1.82) is 0 Å². The van der Waals surface area contributed by atoms with E-state index in [1.807, 2.05) is 31.2 Å². The van der Waals surface area contributed by atoms with Gasteiger partial charge in [-0.3, -0.25) is 14.3 Å². The van der Waals surface area contributed by atoms with Gasteiger partial charge >= 0.3 is 0 Å². The van der Waals surface area contributed by atoms with Gasteiger partial charge in [0.25, 0.3) is 0 Å². The van der Waals surface area contributed by atoms with Gasteiger partial charge in [-0.2, -0.15) is 0 Å². The molecular weight excluding hydrogens is 404 g/mol. The summed E-state index contributed by atoms with van der Waals surface area (Å²) in [4.78, 5) is 21.1. The molecule has 0 radical (unpaired) electrons. The highest BCUT2D eigenvalue weighted by atomic mass is 32.2. The number of rotatable bonds is 6. The third kappa shape index (κ3) is 3.88. The molecule has 0 unspecified atom stereocenters. The van der Waals surface area contributed by atoms with Crippen LogP contribution in [-0.2, 0) is 4.79 Å². The number of nitrogens with zero attached hydrogens (tertiary/aromatic N) is 5. The first-order valence-corrected chi connectivity index (χ1v) is 11.1. The lowest BCUT2D eigenvalue weighted by Gasteiger charge is -2.08. The molecule has 29 heavy (non-hydrogen) atoms. The average molecular weight is 423 g/mol. The van der Waals surface area contributed by atoms with Crippen LogP contribution in [0.1, 0.15) is 24.4 Å². The number of fused-ring (bicyclic) bond motifs is 1. The largest absolute Gasteiger partial charge is 0.301 e. The molecule has 7 nitrogen and oxygen atoms in total. The highest BCUT2D eigenvalue weighted by Gasteiger charge is 2.30. The summed E-state index contributed by atoms with van der Waals surface area (Å²) in [6.07, 6.45) is 5.75. The van der Waals surface area contributed by atoms with Crippen LogP contribution in [0, 0.1) is 6.92 Å². The maximum absolute atomic E-state index is 12.5. The molecular formula is C20H18N6OS2. The van der Waals surface area contributed by atoms with Crippen molar-refractivity contribution in [1.82, 2.24) is 24.7 Å². The van der Waals surface area contributed by atoms with Gasteiger partial charge in [0.05, 0.1) is 16.0 Å².